The van der Waals surface area contributed by atoms with Crippen LogP contribution >= 0.6 is 0 Å². The van der Waals surface area contributed by atoms with Crippen LogP contribution in [0.1, 0.15) is 11.8 Å². The number of nitrogens with zero attached hydrogens (tertiary/aromatic N) is 5. The molecule has 0 unspecified atom stereocenters. The number of ether oxygens (including phenoxy) is 1. The highest BCUT2D eigenvalue weighted by Gasteiger charge is 2.23. The molecule has 1 amide bonds. The van der Waals surface area contributed by atoms with Gasteiger partial charge in [-0.15, -0.1) is 10.2 Å². The Hall–Kier alpha value is -1.51. The Bertz CT molecular complexity index is 492. The molecule has 3 heterocycles. The van der Waals surface area contributed by atoms with Gasteiger partial charge in [-0.05, 0) is 0 Å². The lowest BCUT2D eigenvalue weighted by Gasteiger charge is -2.35. The van der Waals surface area contributed by atoms with Crippen LogP contribution in [0.4, 0.5) is 0 Å². The molecule has 0 N–H and O–H groups in total. The van der Waals surface area contributed by atoms with Crippen LogP contribution in [0.25, 0.3) is 0 Å². The molecule has 22 heavy (non-hydrogen) atoms. The zero-order valence-corrected chi connectivity index (χ0v) is 13.0. The van der Waals surface area contributed by atoms with E-state index in [0.29, 0.717) is 38.1 Å². The van der Waals surface area contributed by atoms with Crippen molar-refractivity contribution < 1.29 is 13.9 Å². The van der Waals surface area contributed by atoms with Crippen molar-refractivity contribution in [2.75, 3.05) is 59.0 Å². The number of carbonyl (C=O) groups is 1. The van der Waals surface area contributed by atoms with Crippen LogP contribution in [0.5, 0.6) is 0 Å². The molecule has 2 aliphatic rings. The van der Waals surface area contributed by atoms with E-state index in [4.69, 9.17) is 9.15 Å². The van der Waals surface area contributed by atoms with E-state index in [-0.39, 0.29) is 5.91 Å². The number of hydrogen-bond donors (Lipinski definition) is 0. The van der Waals surface area contributed by atoms with Crippen LogP contribution < -0.4 is 0 Å². The smallest absolute Gasteiger partial charge is 0.236 e. The SMILES string of the molecule is Cc1nnc(CN2CCN(CC(=O)N3CCOCC3)CC2)o1. The highest BCUT2D eigenvalue weighted by Crippen LogP contribution is 2.08. The van der Waals surface area contributed by atoms with Gasteiger partial charge in [0.2, 0.25) is 17.7 Å². The Morgan fingerprint density at radius 1 is 1.05 bits per heavy atom. The lowest BCUT2D eigenvalue weighted by molar-refractivity contribution is -0.136. The van der Waals surface area contributed by atoms with Gasteiger partial charge in [0.1, 0.15) is 0 Å². The van der Waals surface area contributed by atoms with E-state index in [0.717, 1.165) is 39.3 Å². The molecule has 8 heteroatoms. The topological polar surface area (TPSA) is 74.9 Å². The van der Waals surface area contributed by atoms with Gasteiger partial charge in [-0.25, -0.2) is 0 Å². The fourth-order valence-corrected chi connectivity index (χ4v) is 2.80. The predicted octanol–water partition coefficient (Wildman–Crippen LogP) is -0.646. The first-order chi connectivity index (χ1) is 10.7. The molecule has 0 bridgehead atoms. The molecule has 8 nitrogen and oxygen atoms in total. The first kappa shape index (κ1) is 15.4. The molecular formula is C14H23N5O3. The van der Waals surface area contributed by atoms with Gasteiger partial charge in [-0.2, -0.15) is 0 Å². The Balaban J connectivity index is 1.40. The number of aryl methyl sites for hydroxylation is 1. The lowest BCUT2D eigenvalue weighted by atomic mass is 10.3. The van der Waals surface area contributed by atoms with E-state index in [1.165, 1.54) is 0 Å². The van der Waals surface area contributed by atoms with E-state index in [1.54, 1.807) is 6.92 Å². The van der Waals surface area contributed by atoms with Crippen LogP contribution in [0.15, 0.2) is 4.42 Å². The predicted molar refractivity (Wildman–Crippen MR) is 78.2 cm³/mol. The molecule has 1 aromatic rings. The maximum absolute atomic E-state index is 12.2. The first-order valence-corrected chi connectivity index (χ1v) is 7.80. The van der Waals surface area contributed by atoms with E-state index in [9.17, 15) is 4.79 Å². The summed E-state index contributed by atoms with van der Waals surface area (Å²) in [5.41, 5.74) is 0. The maximum atomic E-state index is 12.2. The van der Waals surface area contributed by atoms with Crippen LogP contribution in [0, 0.1) is 6.92 Å². The molecule has 2 fully saturated rings. The Morgan fingerprint density at radius 2 is 1.73 bits per heavy atom. The minimum absolute atomic E-state index is 0.212. The molecule has 0 radical (unpaired) electrons. The summed E-state index contributed by atoms with van der Waals surface area (Å²) in [7, 11) is 0. The third-order valence-electron chi connectivity index (χ3n) is 4.11. The van der Waals surface area contributed by atoms with Crippen LogP contribution in [0.2, 0.25) is 0 Å². The fraction of sp³-hybridized carbons (Fsp3) is 0.786. The first-order valence-electron chi connectivity index (χ1n) is 7.80. The van der Waals surface area contributed by atoms with E-state index < -0.39 is 0 Å². The average molecular weight is 309 g/mol. The summed E-state index contributed by atoms with van der Waals surface area (Å²) in [4.78, 5) is 18.6. The number of morpholine rings is 1. The largest absolute Gasteiger partial charge is 0.424 e. The second kappa shape index (κ2) is 7.17. The molecule has 0 aliphatic carbocycles. The van der Waals surface area contributed by atoms with Gasteiger partial charge in [0.25, 0.3) is 0 Å². The maximum Gasteiger partial charge on any atom is 0.236 e. The van der Waals surface area contributed by atoms with Crippen LogP contribution in [-0.4, -0.2) is 89.8 Å². The van der Waals surface area contributed by atoms with Crippen LogP contribution in [-0.2, 0) is 16.1 Å². The monoisotopic (exact) mass is 309 g/mol. The number of carbonyl (C=O) groups excluding carboxylic acids is 1. The molecule has 2 saturated heterocycles. The minimum Gasteiger partial charge on any atom is -0.424 e. The van der Waals surface area contributed by atoms with Gasteiger partial charge in [-0.3, -0.25) is 14.6 Å². The number of piperazine rings is 1. The third kappa shape index (κ3) is 4.02. The minimum atomic E-state index is 0.212. The number of rotatable bonds is 4. The van der Waals surface area contributed by atoms with Gasteiger partial charge in [0, 0.05) is 46.2 Å². The normalized spacial score (nSPS) is 21.2. The molecule has 122 valence electrons. The second-order valence-corrected chi connectivity index (χ2v) is 5.76. The summed E-state index contributed by atoms with van der Waals surface area (Å²) in [5, 5.41) is 7.87. The summed E-state index contributed by atoms with van der Waals surface area (Å²) < 4.78 is 10.7. The summed E-state index contributed by atoms with van der Waals surface area (Å²) >= 11 is 0. The number of aromatic nitrogens is 2. The van der Waals surface area contributed by atoms with E-state index in [2.05, 4.69) is 20.0 Å². The zero-order chi connectivity index (χ0) is 15.4. The average Bonchev–Trinajstić information content (AvgIpc) is 2.95. The summed E-state index contributed by atoms with van der Waals surface area (Å²) in [6, 6.07) is 0. The van der Waals surface area contributed by atoms with E-state index in [1.807, 2.05) is 4.90 Å². The molecule has 0 aromatic carbocycles. The third-order valence-corrected chi connectivity index (χ3v) is 4.11. The summed E-state index contributed by atoms with van der Waals surface area (Å²) in [6.45, 7) is 9.35. The molecule has 0 spiro atoms. The molecule has 3 rings (SSSR count). The molecule has 0 saturated carbocycles. The lowest BCUT2D eigenvalue weighted by Crippen LogP contribution is -2.51. The zero-order valence-electron chi connectivity index (χ0n) is 13.0. The molecular weight excluding hydrogens is 286 g/mol. The summed E-state index contributed by atoms with van der Waals surface area (Å²) in [5.74, 6) is 1.48. The number of hydrogen-bond acceptors (Lipinski definition) is 7. The Labute approximate surface area is 130 Å². The van der Waals surface area contributed by atoms with Crippen molar-refractivity contribution in [2.24, 2.45) is 0 Å². The van der Waals surface area contributed by atoms with E-state index >= 15 is 0 Å². The van der Waals surface area contributed by atoms with Crippen molar-refractivity contribution in [3.8, 4) is 0 Å². The van der Waals surface area contributed by atoms with Crippen molar-refractivity contribution in [3.63, 3.8) is 0 Å². The Morgan fingerprint density at radius 3 is 2.36 bits per heavy atom. The molecule has 2 aliphatic heterocycles. The second-order valence-electron chi connectivity index (χ2n) is 5.76. The highest BCUT2D eigenvalue weighted by atomic mass is 16.5. The fourth-order valence-electron chi connectivity index (χ4n) is 2.80. The van der Waals surface area contributed by atoms with Gasteiger partial charge < -0.3 is 14.1 Å². The summed E-state index contributed by atoms with van der Waals surface area (Å²) in [6.07, 6.45) is 0. The Kier molecular flexibility index (Phi) is 5.01. The standard InChI is InChI=1S/C14H23N5O3/c1-12-15-16-13(22-12)10-17-2-4-18(5-3-17)11-14(20)19-6-8-21-9-7-19/h2-11H2,1H3. The molecule has 0 atom stereocenters. The van der Waals surface area contributed by atoms with Crippen molar-refractivity contribution in [1.29, 1.82) is 0 Å². The van der Waals surface area contributed by atoms with Gasteiger partial charge >= 0.3 is 0 Å². The van der Waals surface area contributed by atoms with Gasteiger partial charge in [0.15, 0.2) is 0 Å². The van der Waals surface area contributed by atoms with Crippen molar-refractivity contribution >= 4 is 5.91 Å². The van der Waals surface area contributed by atoms with Crippen LogP contribution in [0.3, 0.4) is 0 Å². The van der Waals surface area contributed by atoms with Gasteiger partial charge in [-0.1, -0.05) is 0 Å². The number of amides is 1. The van der Waals surface area contributed by atoms with Crippen molar-refractivity contribution in [1.82, 2.24) is 24.9 Å². The van der Waals surface area contributed by atoms with Crippen molar-refractivity contribution in [3.05, 3.63) is 11.8 Å². The molecule has 1 aromatic heterocycles. The van der Waals surface area contributed by atoms with Crippen molar-refractivity contribution in [2.45, 2.75) is 13.5 Å². The highest BCUT2D eigenvalue weighted by molar-refractivity contribution is 5.78. The quantitative estimate of drug-likeness (QED) is 0.732. The van der Waals surface area contributed by atoms with Gasteiger partial charge in [0.05, 0.1) is 26.3 Å².